The van der Waals surface area contributed by atoms with Crippen molar-refractivity contribution in [2.45, 2.75) is 40.3 Å². The topological polar surface area (TPSA) is 65.9 Å². The molecule has 21 heavy (non-hydrogen) atoms. The Morgan fingerprint density at radius 3 is 2.62 bits per heavy atom. The van der Waals surface area contributed by atoms with Gasteiger partial charge in [0.25, 0.3) is 0 Å². The van der Waals surface area contributed by atoms with Crippen LogP contribution < -0.4 is 15.4 Å². The van der Waals surface area contributed by atoms with Crippen molar-refractivity contribution in [1.82, 2.24) is 10.6 Å². The maximum Gasteiger partial charge on any atom is 0.191 e. The van der Waals surface area contributed by atoms with Crippen molar-refractivity contribution in [3.63, 3.8) is 0 Å². The molecule has 0 heterocycles. The lowest BCUT2D eigenvalue weighted by Gasteiger charge is -2.20. The Hall–Kier alpha value is -1.91. The highest BCUT2D eigenvalue weighted by Gasteiger charge is 2.10. The molecule has 0 aliphatic rings. The molecule has 5 heteroatoms. The number of benzene rings is 1. The number of methoxy groups -OCH3 is 1. The molecule has 0 aromatic heterocycles. The van der Waals surface area contributed by atoms with E-state index in [1.807, 2.05) is 19.1 Å². The normalized spacial score (nSPS) is 13.1. The molecule has 0 aliphatic carbocycles. The van der Waals surface area contributed by atoms with Gasteiger partial charge in [-0.15, -0.1) is 0 Å². The number of phenols is 1. The van der Waals surface area contributed by atoms with Gasteiger partial charge in [0.2, 0.25) is 0 Å². The number of nitrogens with one attached hydrogen (secondary N) is 2. The molecule has 1 unspecified atom stereocenters. The van der Waals surface area contributed by atoms with Crippen molar-refractivity contribution in [2.75, 3.05) is 13.7 Å². The molecule has 3 N–H and O–H groups in total. The second-order valence-electron chi connectivity index (χ2n) is 5.34. The SMILES string of the molecule is CCNC(=NCc1cccc(OC)c1O)NC(C)C(C)C. The zero-order valence-corrected chi connectivity index (χ0v) is 13.6. The van der Waals surface area contributed by atoms with Gasteiger partial charge in [0.1, 0.15) is 0 Å². The van der Waals surface area contributed by atoms with Crippen molar-refractivity contribution in [3.05, 3.63) is 23.8 Å². The Kier molecular flexibility index (Phi) is 6.85. The molecule has 5 nitrogen and oxygen atoms in total. The van der Waals surface area contributed by atoms with Gasteiger partial charge in [-0.3, -0.25) is 0 Å². The molecule has 1 rings (SSSR count). The summed E-state index contributed by atoms with van der Waals surface area (Å²) in [5.74, 6) is 1.88. The number of hydrogen-bond acceptors (Lipinski definition) is 3. The van der Waals surface area contributed by atoms with Gasteiger partial charge in [-0.2, -0.15) is 0 Å². The molecule has 0 radical (unpaired) electrons. The summed E-state index contributed by atoms with van der Waals surface area (Å²) in [5, 5.41) is 16.6. The van der Waals surface area contributed by atoms with Gasteiger partial charge in [0.15, 0.2) is 17.5 Å². The first kappa shape index (κ1) is 17.1. The van der Waals surface area contributed by atoms with Gasteiger partial charge in [0, 0.05) is 18.2 Å². The standard InChI is InChI=1S/C16H27N3O2/c1-6-17-16(19-12(4)11(2)3)18-10-13-8-7-9-14(21-5)15(13)20/h7-9,11-12,20H,6,10H2,1-5H3,(H2,17,18,19). The predicted octanol–water partition coefficient (Wildman–Crippen LogP) is 2.50. The van der Waals surface area contributed by atoms with Crippen LogP contribution in [-0.2, 0) is 6.54 Å². The van der Waals surface area contributed by atoms with Crippen molar-refractivity contribution >= 4 is 5.96 Å². The fourth-order valence-corrected chi connectivity index (χ4v) is 1.73. The van der Waals surface area contributed by atoms with Crippen LogP contribution in [0, 0.1) is 5.92 Å². The third-order valence-corrected chi connectivity index (χ3v) is 3.42. The molecule has 118 valence electrons. The van der Waals surface area contributed by atoms with E-state index >= 15 is 0 Å². The van der Waals surface area contributed by atoms with E-state index in [2.05, 4.69) is 36.4 Å². The highest BCUT2D eigenvalue weighted by Crippen LogP contribution is 2.29. The number of para-hydroxylation sites is 1. The van der Waals surface area contributed by atoms with Crippen LogP contribution in [-0.4, -0.2) is 30.8 Å². The Morgan fingerprint density at radius 1 is 1.33 bits per heavy atom. The lowest BCUT2D eigenvalue weighted by atomic mass is 10.1. The first-order valence-electron chi connectivity index (χ1n) is 7.39. The van der Waals surface area contributed by atoms with Crippen molar-refractivity contribution in [3.8, 4) is 11.5 Å². The largest absolute Gasteiger partial charge is 0.504 e. The smallest absolute Gasteiger partial charge is 0.191 e. The third kappa shape index (κ3) is 5.17. The number of guanidine groups is 1. The molecule has 0 amide bonds. The lowest BCUT2D eigenvalue weighted by Crippen LogP contribution is -2.44. The van der Waals surface area contributed by atoms with Gasteiger partial charge >= 0.3 is 0 Å². The lowest BCUT2D eigenvalue weighted by molar-refractivity contribution is 0.370. The number of hydrogen-bond donors (Lipinski definition) is 3. The molecule has 1 aromatic rings. The zero-order chi connectivity index (χ0) is 15.8. The summed E-state index contributed by atoms with van der Waals surface area (Å²) in [5.41, 5.74) is 0.740. The molecule has 0 fully saturated rings. The summed E-state index contributed by atoms with van der Waals surface area (Å²) in [4.78, 5) is 4.52. The second-order valence-corrected chi connectivity index (χ2v) is 5.34. The number of aliphatic imine (C=N–C) groups is 1. The monoisotopic (exact) mass is 293 g/mol. The van der Waals surface area contributed by atoms with E-state index in [-0.39, 0.29) is 5.75 Å². The maximum absolute atomic E-state index is 10.1. The van der Waals surface area contributed by atoms with Gasteiger partial charge in [-0.1, -0.05) is 26.0 Å². The predicted molar refractivity (Wildman–Crippen MR) is 86.9 cm³/mol. The van der Waals surface area contributed by atoms with Crippen molar-refractivity contribution in [2.24, 2.45) is 10.9 Å². The second kappa shape index (κ2) is 8.39. The van der Waals surface area contributed by atoms with Crippen LogP contribution in [0.1, 0.15) is 33.3 Å². The maximum atomic E-state index is 10.1. The summed E-state index contributed by atoms with van der Waals surface area (Å²) in [6, 6.07) is 5.74. The number of rotatable bonds is 6. The first-order valence-corrected chi connectivity index (χ1v) is 7.39. The van der Waals surface area contributed by atoms with Gasteiger partial charge in [0.05, 0.1) is 13.7 Å². The summed E-state index contributed by atoms with van der Waals surface area (Å²) < 4.78 is 5.11. The molecule has 0 spiro atoms. The van der Waals surface area contributed by atoms with Crippen LogP contribution in [0.15, 0.2) is 23.2 Å². The summed E-state index contributed by atoms with van der Waals surface area (Å²) in [6.07, 6.45) is 0. The van der Waals surface area contributed by atoms with E-state index in [9.17, 15) is 5.11 Å². The molecule has 1 atom stereocenters. The van der Waals surface area contributed by atoms with Crippen LogP contribution in [0.2, 0.25) is 0 Å². The number of aromatic hydroxyl groups is 1. The minimum absolute atomic E-state index is 0.150. The van der Waals surface area contributed by atoms with Crippen LogP contribution in [0.5, 0.6) is 11.5 Å². The highest BCUT2D eigenvalue weighted by atomic mass is 16.5. The van der Waals surface area contributed by atoms with Crippen molar-refractivity contribution < 1.29 is 9.84 Å². The van der Waals surface area contributed by atoms with Crippen LogP contribution in [0.25, 0.3) is 0 Å². The fourth-order valence-electron chi connectivity index (χ4n) is 1.73. The first-order chi connectivity index (χ1) is 9.99. The molecule has 1 aromatic carbocycles. The van der Waals surface area contributed by atoms with Gasteiger partial charge < -0.3 is 20.5 Å². The minimum atomic E-state index is 0.150. The van der Waals surface area contributed by atoms with Crippen LogP contribution >= 0.6 is 0 Å². The fraction of sp³-hybridized carbons (Fsp3) is 0.562. The molecule has 0 saturated carbocycles. The van der Waals surface area contributed by atoms with Gasteiger partial charge in [-0.25, -0.2) is 4.99 Å². The molecular weight excluding hydrogens is 266 g/mol. The quantitative estimate of drug-likeness (QED) is 0.557. The molecule has 0 bridgehead atoms. The Labute approximate surface area is 127 Å². The van der Waals surface area contributed by atoms with Crippen LogP contribution in [0.3, 0.4) is 0 Å². The summed E-state index contributed by atoms with van der Waals surface area (Å²) >= 11 is 0. The minimum Gasteiger partial charge on any atom is -0.504 e. The van der Waals surface area contributed by atoms with E-state index in [0.717, 1.165) is 18.1 Å². The number of phenolic OH excluding ortho intramolecular Hbond substituents is 1. The number of ether oxygens (including phenoxy) is 1. The van der Waals surface area contributed by atoms with E-state index in [4.69, 9.17) is 4.74 Å². The summed E-state index contributed by atoms with van der Waals surface area (Å²) in [7, 11) is 1.54. The zero-order valence-electron chi connectivity index (χ0n) is 13.6. The number of nitrogens with zero attached hydrogens (tertiary/aromatic N) is 1. The van der Waals surface area contributed by atoms with E-state index in [1.165, 1.54) is 7.11 Å². The summed E-state index contributed by atoms with van der Waals surface area (Å²) in [6.45, 7) is 9.66. The average molecular weight is 293 g/mol. The van der Waals surface area contributed by atoms with Crippen LogP contribution in [0.4, 0.5) is 0 Å². The Balaban J connectivity index is 2.83. The third-order valence-electron chi connectivity index (χ3n) is 3.42. The van der Waals surface area contributed by atoms with E-state index in [1.54, 1.807) is 6.07 Å². The van der Waals surface area contributed by atoms with E-state index < -0.39 is 0 Å². The highest BCUT2D eigenvalue weighted by molar-refractivity contribution is 5.80. The van der Waals surface area contributed by atoms with Crippen molar-refractivity contribution in [1.29, 1.82) is 0 Å². The molecule has 0 saturated heterocycles. The molecular formula is C16H27N3O2. The Morgan fingerprint density at radius 2 is 2.05 bits per heavy atom. The molecule has 0 aliphatic heterocycles. The van der Waals surface area contributed by atoms with E-state index in [0.29, 0.717) is 24.3 Å². The Bertz CT molecular complexity index is 473. The average Bonchev–Trinajstić information content (AvgIpc) is 2.46. The van der Waals surface area contributed by atoms with Gasteiger partial charge in [-0.05, 0) is 25.8 Å².